The van der Waals surface area contributed by atoms with Crippen molar-refractivity contribution in [2.75, 3.05) is 0 Å². The summed E-state index contributed by atoms with van der Waals surface area (Å²) in [5, 5.41) is 2.74. The fraction of sp³-hybridized carbons (Fsp3) is 0.923. The summed E-state index contributed by atoms with van der Waals surface area (Å²) in [7, 11) is 0. The molecule has 0 bridgehead atoms. The van der Waals surface area contributed by atoms with Crippen molar-refractivity contribution in [3.63, 3.8) is 0 Å². The normalized spacial score (nSPS) is 13.2. The molecule has 0 saturated heterocycles. The Hall–Kier alpha value is -0.770. The van der Waals surface area contributed by atoms with Gasteiger partial charge in [0.2, 0.25) is 0 Å². The van der Waals surface area contributed by atoms with Gasteiger partial charge in [-0.15, -0.1) is 5.48 Å². The first-order chi connectivity index (χ1) is 7.89. The highest BCUT2D eigenvalue weighted by atomic mass is 16.7. The summed E-state index contributed by atoms with van der Waals surface area (Å²) < 4.78 is 0. The van der Waals surface area contributed by atoms with Crippen LogP contribution in [0.25, 0.3) is 0 Å². The van der Waals surface area contributed by atoms with Crippen LogP contribution in [0.3, 0.4) is 0 Å². The first kappa shape index (κ1) is 16.2. The van der Waals surface area contributed by atoms with E-state index in [1.165, 1.54) is 19.3 Å². The fourth-order valence-corrected chi connectivity index (χ4v) is 1.46. The first-order valence-electron chi connectivity index (χ1n) is 6.63. The molecular weight excluding hydrogens is 216 g/mol. The molecule has 17 heavy (non-hydrogen) atoms. The van der Waals surface area contributed by atoms with E-state index in [2.05, 4.69) is 24.6 Å². The number of hydrogen-bond donors (Lipinski definition) is 2. The molecule has 2 N–H and O–H groups in total. The number of nitrogens with one attached hydrogen (secondary N) is 2. The van der Waals surface area contributed by atoms with Gasteiger partial charge in [-0.25, -0.2) is 4.79 Å². The van der Waals surface area contributed by atoms with Crippen molar-refractivity contribution in [3.8, 4) is 0 Å². The van der Waals surface area contributed by atoms with Crippen molar-refractivity contribution in [3.05, 3.63) is 0 Å². The number of carbonyl (C=O) groups is 1. The second-order valence-corrected chi connectivity index (χ2v) is 5.48. The lowest BCUT2D eigenvalue weighted by atomic mass is 10.1. The molecule has 0 aliphatic rings. The van der Waals surface area contributed by atoms with Crippen LogP contribution < -0.4 is 10.8 Å². The molecular formula is C13H28N2O2. The van der Waals surface area contributed by atoms with Crippen molar-refractivity contribution in [1.29, 1.82) is 0 Å². The number of carbonyl (C=O) groups excluding carboxylic acids is 1. The number of unbranched alkanes of at least 4 members (excludes halogenated alkanes) is 2. The summed E-state index contributed by atoms with van der Waals surface area (Å²) in [5.74, 6) is 0. The van der Waals surface area contributed by atoms with E-state index in [-0.39, 0.29) is 11.6 Å². The molecule has 0 aromatic heterocycles. The summed E-state index contributed by atoms with van der Waals surface area (Å²) in [6.07, 6.45) is 5.21. The summed E-state index contributed by atoms with van der Waals surface area (Å²) in [6.45, 7) is 10.0. The van der Waals surface area contributed by atoms with Crippen molar-refractivity contribution >= 4 is 6.09 Å². The Bertz CT molecular complexity index is 212. The van der Waals surface area contributed by atoms with Crippen LogP contribution in [0.1, 0.15) is 66.7 Å². The summed E-state index contributed by atoms with van der Waals surface area (Å²) >= 11 is 0. The highest BCUT2D eigenvalue weighted by Gasteiger charge is 2.16. The van der Waals surface area contributed by atoms with Gasteiger partial charge in [0.15, 0.2) is 0 Å². The van der Waals surface area contributed by atoms with Gasteiger partial charge in [0, 0.05) is 11.6 Å². The lowest BCUT2D eigenvalue weighted by molar-refractivity contribution is 0.0594. The SMILES string of the molecule is CCCCCC(CC)NOC(=O)NC(C)(C)C. The molecule has 1 amide bonds. The van der Waals surface area contributed by atoms with E-state index in [1.807, 2.05) is 20.8 Å². The quantitative estimate of drug-likeness (QED) is 0.533. The molecule has 0 radical (unpaired) electrons. The summed E-state index contributed by atoms with van der Waals surface area (Å²) in [5.41, 5.74) is 2.58. The molecule has 0 aliphatic carbocycles. The molecule has 0 aromatic rings. The Morgan fingerprint density at radius 2 is 1.88 bits per heavy atom. The summed E-state index contributed by atoms with van der Waals surface area (Å²) in [6, 6.07) is 0.257. The fourth-order valence-electron chi connectivity index (χ4n) is 1.46. The Labute approximate surface area is 105 Å². The second-order valence-electron chi connectivity index (χ2n) is 5.48. The van der Waals surface area contributed by atoms with E-state index >= 15 is 0 Å². The molecule has 0 rings (SSSR count). The third kappa shape index (κ3) is 10.1. The maximum Gasteiger partial charge on any atom is 0.426 e. The van der Waals surface area contributed by atoms with Gasteiger partial charge >= 0.3 is 6.09 Å². The lowest BCUT2D eigenvalue weighted by Gasteiger charge is -2.21. The van der Waals surface area contributed by atoms with E-state index in [4.69, 9.17) is 4.84 Å². The van der Waals surface area contributed by atoms with Crippen LogP contribution in [0.15, 0.2) is 0 Å². The predicted octanol–water partition coefficient (Wildman–Crippen LogP) is 3.37. The minimum Gasteiger partial charge on any atom is -0.354 e. The highest BCUT2D eigenvalue weighted by molar-refractivity contribution is 5.67. The second kappa shape index (κ2) is 8.34. The van der Waals surface area contributed by atoms with Crippen LogP contribution in [0.2, 0.25) is 0 Å². The minimum atomic E-state index is -0.411. The molecule has 0 aliphatic heterocycles. The number of hydroxylamine groups is 1. The van der Waals surface area contributed by atoms with Gasteiger partial charge in [-0.2, -0.15) is 0 Å². The van der Waals surface area contributed by atoms with Crippen LogP contribution in [0, 0.1) is 0 Å². The molecule has 1 unspecified atom stereocenters. The Morgan fingerprint density at radius 1 is 1.24 bits per heavy atom. The highest BCUT2D eigenvalue weighted by Crippen LogP contribution is 2.06. The average Bonchev–Trinajstić information content (AvgIpc) is 2.20. The molecule has 1 atom stereocenters. The van der Waals surface area contributed by atoms with E-state index in [9.17, 15) is 4.79 Å². The standard InChI is InChI=1S/C13H28N2O2/c1-6-8-9-10-11(7-2)15-17-12(16)14-13(3,4)5/h11,15H,6-10H2,1-5H3,(H,14,16). The minimum absolute atomic E-state index is 0.257. The largest absolute Gasteiger partial charge is 0.426 e. The van der Waals surface area contributed by atoms with Crippen LogP contribution in [0.4, 0.5) is 4.79 Å². The molecule has 4 heteroatoms. The number of hydrogen-bond acceptors (Lipinski definition) is 3. The molecule has 102 valence electrons. The van der Waals surface area contributed by atoms with Gasteiger partial charge in [-0.3, -0.25) is 0 Å². The molecule has 0 heterocycles. The van der Waals surface area contributed by atoms with E-state index < -0.39 is 6.09 Å². The first-order valence-corrected chi connectivity index (χ1v) is 6.63. The van der Waals surface area contributed by atoms with Crippen molar-refractivity contribution in [1.82, 2.24) is 10.8 Å². The van der Waals surface area contributed by atoms with Gasteiger partial charge in [0.05, 0.1) is 0 Å². The molecule has 0 fully saturated rings. The zero-order valence-electron chi connectivity index (χ0n) is 11.9. The van der Waals surface area contributed by atoms with Gasteiger partial charge in [0.25, 0.3) is 0 Å². The molecule has 0 spiro atoms. The van der Waals surface area contributed by atoms with Gasteiger partial charge in [0.1, 0.15) is 0 Å². The predicted molar refractivity (Wildman–Crippen MR) is 70.7 cm³/mol. The molecule has 0 aromatic carbocycles. The third-order valence-electron chi connectivity index (χ3n) is 2.44. The topological polar surface area (TPSA) is 50.4 Å². The maximum atomic E-state index is 11.4. The van der Waals surface area contributed by atoms with Gasteiger partial charge < -0.3 is 10.2 Å². The van der Waals surface area contributed by atoms with Crippen molar-refractivity contribution < 1.29 is 9.63 Å². The number of amides is 1. The third-order valence-corrected chi connectivity index (χ3v) is 2.44. The Kier molecular flexibility index (Phi) is 7.96. The van der Waals surface area contributed by atoms with E-state index in [1.54, 1.807) is 0 Å². The van der Waals surface area contributed by atoms with Gasteiger partial charge in [-0.1, -0.05) is 33.1 Å². The maximum absolute atomic E-state index is 11.4. The van der Waals surface area contributed by atoms with Crippen LogP contribution in [-0.2, 0) is 4.84 Å². The zero-order valence-corrected chi connectivity index (χ0v) is 11.9. The monoisotopic (exact) mass is 244 g/mol. The van der Waals surface area contributed by atoms with Crippen molar-refractivity contribution in [2.45, 2.75) is 78.3 Å². The smallest absolute Gasteiger partial charge is 0.354 e. The Morgan fingerprint density at radius 3 is 2.35 bits per heavy atom. The number of rotatable bonds is 7. The lowest BCUT2D eigenvalue weighted by Crippen LogP contribution is -2.44. The molecule has 0 saturated carbocycles. The molecule has 4 nitrogen and oxygen atoms in total. The van der Waals surface area contributed by atoms with Crippen LogP contribution in [-0.4, -0.2) is 17.7 Å². The van der Waals surface area contributed by atoms with E-state index in [0.29, 0.717) is 0 Å². The Balaban J connectivity index is 3.78. The summed E-state index contributed by atoms with van der Waals surface area (Å²) in [4.78, 5) is 16.4. The van der Waals surface area contributed by atoms with Crippen LogP contribution >= 0.6 is 0 Å². The van der Waals surface area contributed by atoms with E-state index in [0.717, 1.165) is 12.8 Å². The zero-order chi connectivity index (χ0) is 13.3. The average molecular weight is 244 g/mol. The van der Waals surface area contributed by atoms with Crippen LogP contribution in [0.5, 0.6) is 0 Å². The van der Waals surface area contributed by atoms with Crippen molar-refractivity contribution in [2.24, 2.45) is 0 Å². The van der Waals surface area contributed by atoms with Gasteiger partial charge in [-0.05, 0) is 33.6 Å².